The molecule has 0 aliphatic rings. The molecular weight excluding hydrogens is 336 g/mol. The van der Waals surface area contributed by atoms with Crippen LogP contribution in [0.3, 0.4) is 0 Å². The first kappa shape index (κ1) is 16.8. The van der Waals surface area contributed by atoms with E-state index in [4.69, 9.17) is 4.74 Å². The summed E-state index contributed by atoms with van der Waals surface area (Å²) in [6.45, 7) is 0. The third-order valence-corrected chi connectivity index (χ3v) is 4.47. The van der Waals surface area contributed by atoms with Gasteiger partial charge < -0.3 is 4.74 Å². The largest absolute Gasteiger partial charge is 0.497 e. The van der Waals surface area contributed by atoms with Crippen LogP contribution in [0.4, 0.5) is 0 Å². The van der Waals surface area contributed by atoms with Gasteiger partial charge in [-0.25, -0.2) is 5.10 Å². The average Bonchev–Trinajstić information content (AvgIpc) is 2.75. The van der Waals surface area contributed by atoms with E-state index in [-0.39, 0.29) is 5.56 Å². The Morgan fingerprint density at radius 1 is 0.704 bits per heavy atom. The van der Waals surface area contributed by atoms with E-state index in [1.807, 2.05) is 84.9 Å². The molecule has 27 heavy (non-hydrogen) atoms. The van der Waals surface area contributed by atoms with Crippen LogP contribution >= 0.6 is 0 Å². The number of hydrogen-bond donors (Lipinski definition) is 1. The second-order valence-electron chi connectivity index (χ2n) is 6.11. The zero-order valence-corrected chi connectivity index (χ0v) is 14.8. The Kier molecular flexibility index (Phi) is 4.54. The van der Waals surface area contributed by atoms with Gasteiger partial charge >= 0.3 is 0 Å². The molecule has 1 heterocycles. The van der Waals surface area contributed by atoms with Gasteiger partial charge in [0.1, 0.15) is 5.75 Å². The molecule has 4 rings (SSSR count). The predicted molar refractivity (Wildman–Crippen MR) is 108 cm³/mol. The molecule has 3 aromatic carbocycles. The van der Waals surface area contributed by atoms with E-state index in [0.717, 1.165) is 33.7 Å². The Morgan fingerprint density at radius 2 is 1.26 bits per heavy atom. The average molecular weight is 354 g/mol. The van der Waals surface area contributed by atoms with Gasteiger partial charge in [0, 0.05) is 11.1 Å². The summed E-state index contributed by atoms with van der Waals surface area (Å²) in [4.78, 5) is 12.8. The third-order valence-electron chi connectivity index (χ3n) is 4.47. The maximum atomic E-state index is 12.8. The molecule has 0 spiro atoms. The highest BCUT2D eigenvalue weighted by atomic mass is 16.5. The first-order valence-electron chi connectivity index (χ1n) is 8.66. The van der Waals surface area contributed by atoms with Crippen molar-refractivity contribution in [2.75, 3.05) is 7.11 Å². The van der Waals surface area contributed by atoms with Crippen molar-refractivity contribution in [3.63, 3.8) is 0 Å². The minimum absolute atomic E-state index is 0.216. The summed E-state index contributed by atoms with van der Waals surface area (Å²) in [5.74, 6) is 0.763. The van der Waals surface area contributed by atoms with Crippen LogP contribution in [0, 0.1) is 0 Å². The Hall–Kier alpha value is -3.66. The molecule has 132 valence electrons. The number of methoxy groups -OCH3 is 1. The quantitative estimate of drug-likeness (QED) is 0.574. The maximum absolute atomic E-state index is 12.8. The predicted octanol–water partition coefficient (Wildman–Crippen LogP) is 4.78. The van der Waals surface area contributed by atoms with Crippen molar-refractivity contribution in [1.82, 2.24) is 10.2 Å². The number of benzene rings is 3. The van der Waals surface area contributed by atoms with E-state index < -0.39 is 0 Å². The molecule has 0 saturated carbocycles. The highest BCUT2D eigenvalue weighted by Crippen LogP contribution is 2.36. The fourth-order valence-electron chi connectivity index (χ4n) is 3.17. The minimum atomic E-state index is -0.216. The summed E-state index contributed by atoms with van der Waals surface area (Å²) in [5.41, 5.74) is 4.63. The number of hydrogen-bond acceptors (Lipinski definition) is 3. The number of nitrogens with one attached hydrogen (secondary N) is 1. The lowest BCUT2D eigenvalue weighted by atomic mass is 9.92. The Labute approximate surface area is 157 Å². The first-order valence-corrected chi connectivity index (χ1v) is 8.66. The molecule has 1 aromatic heterocycles. The van der Waals surface area contributed by atoms with Crippen LogP contribution in [0.25, 0.3) is 33.5 Å². The monoisotopic (exact) mass is 354 g/mol. The molecule has 0 unspecified atom stereocenters. The molecule has 1 N–H and O–H groups in total. The lowest BCUT2D eigenvalue weighted by Crippen LogP contribution is -2.14. The van der Waals surface area contributed by atoms with Crippen LogP contribution in [0.2, 0.25) is 0 Å². The van der Waals surface area contributed by atoms with Gasteiger partial charge in [0.2, 0.25) is 0 Å². The zero-order chi connectivity index (χ0) is 18.6. The van der Waals surface area contributed by atoms with E-state index in [1.165, 1.54) is 0 Å². The molecule has 0 bridgehead atoms. The van der Waals surface area contributed by atoms with Crippen LogP contribution in [0.1, 0.15) is 0 Å². The highest BCUT2D eigenvalue weighted by Gasteiger charge is 2.19. The van der Waals surface area contributed by atoms with Gasteiger partial charge in [0.15, 0.2) is 0 Å². The summed E-state index contributed by atoms with van der Waals surface area (Å²) in [6, 6.07) is 27.2. The van der Waals surface area contributed by atoms with Crippen molar-refractivity contribution >= 4 is 0 Å². The summed E-state index contributed by atoms with van der Waals surface area (Å²) >= 11 is 0. The SMILES string of the molecule is COc1ccc(-c2c(-c3ccccc3)n[nH]c(=O)c2-c2ccccc2)cc1. The highest BCUT2D eigenvalue weighted by molar-refractivity contribution is 5.92. The van der Waals surface area contributed by atoms with Gasteiger partial charge in [-0.3, -0.25) is 4.79 Å². The molecule has 0 aliphatic heterocycles. The second-order valence-corrected chi connectivity index (χ2v) is 6.11. The second kappa shape index (κ2) is 7.30. The molecular formula is C23H18N2O2. The molecule has 4 aromatic rings. The third kappa shape index (κ3) is 3.25. The van der Waals surface area contributed by atoms with E-state index in [0.29, 0.717) is 5.56 Å². The zero-order valence-electron chi connectivity index (χ0n) is 14.8. The van der Waals surface area contributed by atoms with Crippen LogP contribution in [0.5, 0.6) is 5.75 Å². The van der Waals surface area contributed by atoms with E-state index in [2.05, 4.69) is 10.2 Å². The number of nitrogens with zero attached hydrogens (tertiary/aromatic N) is 1. The number of ether oxygens (including phenoxy) is 1. The van der Waals surface area contributed by atoms with Crippen LogP contribution < -0.4 is 10.3 Å². The smallest absolute Gasteiger partial charge is 0.272 e. The van der Waals surface area contributed by atoms with Crippen molar-refractivity contribution in [2.45, 2.75) is 0 Å². The van der Waals surface area contributed by atoms with Gasteiger partial charge in [-0.15, -0.1) is 0 Å². The van der Waals surface area contributed by atoms with Crippen LogP contribution in [-0.2, 0) is 0 Å². The van der Waals surface area contributed by atoms with E-state index in [1.54, 1.807) is 7.11 Å². The fraction of sp³-hybridized carbons (Fsp3) is 0.0435. The lowest BCUT2D eigenvalue weighted by Gasteiger charge is -2.14. The first-order chi connectivity index (χ1) is 13.3. The Morgan fingerprint density at radius 3 is 1.85 bits per heavy atom. The molecule has 0 atom stereocenters. The normalized spacial score (nSPS) is 10.6. The van der Waals surface area contributed by atoms with Gasteiger partial charge in [0.05, 0.1) is 18.4 Å². The Balaban J connectivity index is 2.05. The van der Waals surface area contributed by atoms with Crippen molar-refractivity contribution in [1.29, 1.82) is 0 Å². The van der Waals surface area contributed by atoms with Crippen molar-refractivity contribution in [3.8, 4) is 39.3 Å². The molecule has 0 saturated heterocycles. The topological polar surface area (TPSA) is 55.0 Å². The fourth-order valence-corrected chi connectivity index (χ4v) is 3.17. The molecule has 4 heteroatoms. The van der Waals surface area contributed by atoms with E-state index >= 15 is 0 Å². The van der Waals surface area contributed by atoms with E-state index in [9.17, 15) is 4.79 Å². The number of aromatic amines is 1. The van der Waals surface area contributed by atoms with Crippen LogP contribution in [-0.4, -0.2) is 17.3 Å². The lowest BCUT2D eigenvalue weighted by molar-refractivity contribution is 0.415. The van der Waals surface area contributed by atoms with Crippen molar-refractivity contribution in [2.24, 2.45) is 0 Å². The van der Waals surface area contributed by atoms with Crippen molar-refractivity contribution < 1.29 is 4.74 Å². The molecule has 0 radical (unpaired) electrons. The summed E-state index contributed by atoms with van der Waals surface area (Å²) in [5, 5.41) is 7.05. The maximum Gasteiger partial charge on any atom is 0.272 e. The minimum Gasteiger partial charge on any atom is -0.497 e. The Bertz CT molecular complexity index is 1100. The van der Waals surface area contributed by atoms with Gasteiger partial charge in [-0.1, -0.05) is 72.8 Å². The van der Waals surface area contributed by atoms with Gasteiger partial charge in [0.25, 0.3) is 5.56 Å². The molecule has 0 amide bonds. The summed E-state index contributed by atoms with van der Waals surface area (Å²) in [6.07, 6.45) is 0. The van der Waals surface area contributed by atoms with Gasteiger partial charge in [-0.05, 0) is 23.3 Å². The number of rotatable bonds is 4. The van der Waals surface area contributed by atoms with Crippen molar-refractivity contribution in [3.05, 3.63) is 95.3 Å². The van der Waals surface area contributed by atoms with Crippen LogP contribution in [0.15, 0.2) is 89.7 Å². The number of H-pyrrole nitrogens is 1. The standard InChI is InChI=1S/C23H18N2O2/c1-27-19-14-12-17(13-15-19)20-21(16-8-4-2-5-9-16)23(26)25-24-22(20)18-10-6-3-7-11-18/h2-15H,1H3,(H,25,26). The number of aromatic nitrogens is 2. The molecule has 4 nitrogen and oxygen atoms in total. The summed E-state index contributed by atoms with van der Waals surface area (Å²) in [7, 11) is 1.63. The summed E-state index contributed by atoms with van der Waals surface area (Å²) < 4.78 is 5.28. The van der Waals surface area contributed by atoms with Gasteiger partial charge in [-0.2, -0.15) is 5.10 Å². The molecule has 0 fully saturated rings. The molecule has 0 aliphatic carbocycles.